The molecule has 6 nitrogen and oxygen atoms in total. The summed E-state index contributed by atoms with van der Waals surface area (Å²) in [6.07, 6.45) is -0.968. The summed E-state index contributed by atoms with van der Waals surface area (Å²) < 4.78 is 10.9. The second-order valence-electron chi connectivity index (χ2n) is 5.99. The van der Waals surface area contributed by atoms with Gasteiger partial charge in [-0.2, -0.15) is 0 Å². The zero-order valence-corrected chi connectivity index (χ0v) is 11.5. The Morgan fingerprint density at radius 3 is 2.39 bits per heavy atom. The molecule has 0 aliphatic carbocycles. The van der Waals surface area contributed by atoms with Crippen LogP contribution in [0.25, 0.3) is 0 Å². The van der Waals surface area contributed by atoms with Gasteiger partial charge < -0.3 is 9.47 Å². The molecule has 4 atom stereocenters. The minimum absolute atomic E-state index is 0.256. The summed E-state index contributed by atoms with van der Waals surface area (Å²) in [4.78, 5) is 22.0. The monoisotopic (exact) mass is 259 g/mol. The van der Waals surface area contributed by atoms with Crippen molar-refractivity contribution in [1.82, 2.24) is 0 Å². The van der Waals surface area contributed by atoms with Crippen molar-refractivity contribution >= 4 is 5.97 Å². The lowest BCUT2D eigenvalue weighted by molar-refractivity contribution is -0.490. The van der Waals surface area contributed by atoms with Gasteiger partial charge in [-0.25, -0.2) is 0 Å². The van der Waals surface area contributed by atoms with Gasteiger partial charge in [-0.15, -0.1) is 0 Å². The summed E-state index contributed by atoms with van der Waals surface area (Å²) in [5, 5.41) is 10.5. The molecule has 0 amide bonds. The third-order valence-corrected chi connectivity index (χ3v) is 3.10. The largest absolute Gasteiger partial charge is 0.435 e. The molecular formula is C12H21NO5. The molecule has 0 N–H and O–H groups in total. The number of cyclic esters (lactones) is 1. The maximum absolute atomic E-state index is 12.0. The number of rotatable bonds is 3. The summed E-state index contributed by atoms with van der Waals surface area (Å²) >= 11 is 0. The number of nitrogens with zero attached hydrogens (tertiary/aromatic N) is 1. The highest BCUT2D eigenvalue weighted by Gasteiger charge is 2.44. The lowest BCUT2D eigenvalue weighted by atomic mass is 9.87. The molecule has 0 unspecified atom stereocenters. The predicted molar refractivity (Wildman–Crippen MR) is 64.4 cm³/mol. The minimum Gasteiger partial charge on any atom is -0.435 e. The summed E-state index contributed by atoms with van der Waals surface area (Å²) in [6.45, 7) is 8.93. The van der Waals surface area contributed by atoms with Crippen LogP contribution in [0.4, 0.5) is 0 Å². The Balaban J connectivity index is 2.75. The summed E-state index contributed by atoms with van der Waals surface area (Å²) in [7, 11) is 0. The maximum atomic E-state index is 12.0. The molecular weight excluding hydrogens is 238 g/mol. The molecule has 1 rings (SSSR count). The Hall–Kier alpha value is -1.17. The van der Waals surface area contributed by atoms with Crippen LogP contribution in [0, 0.1) is 27.4 Å². The topological polar surface area (TPSA) is 78.7 Å². The van der Waals surface area contributed by atoms with Crippen LogP contribution in [-0.4, -0.2) is 29.8 Å². The fourth-order valence-electron chi connectivity index (χ4n) is 2.11. The van der Waals surface area contributed by atoms with Crippen molar-refractivity contribution in [1.29, 1.82) is 0 Å². The summed E-state index contributed by atoms with van der Waals surface area (Å²) in [6, 6.07) is 0. The van der Waals surface area contributed by atoms with Gasteiger partial charge in [0.1, 0.15) is 0 Å². The van der Waals surface area contributed by atoms with Gasteiger partial charge in [0.05, 0.1) is 12.0 Å². The number of carbonyl (C=O) groups is 1. The quantitative estimate of drug-likeness (QED) is 0.439. The molecule has 1 fully saturated rings. The van der Waals surface area contributed by atoms with Crippen molar-refractivity contribution in [2.75, 3.05) is 6.54 Å². The van der Waals surface area contributed by atoms with Crippen molar-refractivity contribution in [3.63, 3.8) is 0 Å². The molecule has 1 heterocycles. The Labute approximate surface area is 107 Å². The molecule has 104 valence electrons. The summed E-state index contributed by atoms with van der Waals surface area (Å²) in [5.74, 6) is -1.37. The Kier molecular flexibility index (Phi) is 4.32. The SMILES string of the molecule is C[C@@H](C[N+](=O)[O-])[C@H]1C(=O)O[C@H](C(C)(C)C)O[C@@H]1C. The van der Waals surface area contributed by atoms with E-state index >= 15 is 0 Å². The fraction of sp³-hybridized carbons (Fsp3) is 0.917. The van der Waals surface area contributed by atoms with Crippen LogP contribution in [0.5, 0.6) is 0 Å². The van der Waals surface area contributed by atoms with Gasteiger partial charge in [-0.3, -0.25) is 14.9 Å². The van der Waals surface area contributed by atoms with Crippen LogP contribution in [0.15, 0.2) is 0 Å². The van der Waals surface area contributed by atoms with Crippen molar-refractivity contribution < 1.29 is 19.2 Å². The van der Waals surface area contributed by atoms with Gasteiger partial charge in [0.2, 0.25) is 12.8 Å². The molecule has 1 aliphatic heterocycles. The molecule has 18 heavy (non-hydrogen) atoms. The third kappa shape index (κ3) is 3.41. The lowest BCUT2D eigenvalue weighted by Gasteiger charge is -2.40. The first-order valence-electron chi connectivity index (χ1n) is 6.10. The third-order valence-electron chi connectivity index (χ3n) is 3.10. The first kappa shape index (κ1) is 14.9. The highest BCUT2D eigenvalue weighted by molar-refractivity contribution is 5.74. The highest BCUT2D eigenvalue weighted by Crippen LogP contribution is 2.33. The van der Waals surface area contributed by atoms with Crippen molar-refractivity contribution in [3.8, 4) is 0 Å². The number of esters is 1. The van der Waals surface area contributed by atoms with Gasteiger partial charge in [0, 0.05) is 16.3 Å². The number of hydrogen-bond acceptors (Lipinski definition) is 5. The number of nitro groups is 1. The Bertz CT molecular complexity index is 336. The van der Waals surface area contributed by atoms with Crippen molar-refractivity contribution in [2.45, 2.75) is 47.0 Å². The summed E-state index contributed by atoms with van der Waals surface area (Å²) in [5.41, 5.74) is -0.304. The molecule has 0 aromatic heterocycles. The molecule has 0 aromatic rings. The number of ether oxygens (including phenoxy) is 2. The van der Waals surface area contributed by atoms with E-state index in [-0.39, 0.29) is 18.1 Å². The van der Waals surface area contributed by atoms with Crippen LogP contribution < -0.4 is 0 Å². The van der Waals surface area contributed by atoms with E-state index in [0.29, 0.717) is 0 Å². The molecule has 0 saturated carbocycles. The second-order valence-corrected chi connectivity index (χ2v) is 5.99. The Morgan fingerprint density at radius 1 is 1.44 bits per heavy atom. The first-order chi connectivity index (χ1) is 8.12. The van der Waals surface area contributed by atoms with E-state index in [4.69, 9.17) is 9.47 Å². The van der Waals surface area contributed by atoms with Gasteiger partial charge in [-0.1, -0.05) is 27.7 Å². The van der Waals surface area contributed by atoms with Crippen LogP contribution >= 0.6 is 0 Å². The average molecular weight is 259 g/mol. The first-order valence-corrected chi connectivity index (χ1v) is 6.10. The molecule has 6 heteroatoms. The van der Waals surface area contributed by atoms with Gasteiger partial charge in [-0.05, 0) is 6.92 Å². The van der Waals surface area contributed by atoms with E-state index in [9.17, 15) is 14.9 Å². The number of hydrogen-bond donors (Lipinski definition) is 0. The van der Waals surface area contributed by atoms with Crippen LogP contribution in [0.3, 0.4) is 0 Å². The molecule has 0 radical (unpaired) electrons. The van der Waals surface area contributed by atoms with Crippen LogP contribution in [0.2, 0.25) is 0 Å². The molecule has 0 bridgehead atoms. The van der Waals surface area contributed by atoms with E-state index in [1.54, 1.807) is 13.8 Å². The molecule has 1 aliphatic rings. The fourth-order valence-corrected chi connectivity index (χ4v) is 2.11. The highest BCUT2D eigenvalue weighted by atomic mass is 16.7. The average Bonchev–Trinajstić information content (AvgIpc) is 2.13. The van der Waals surface area contributed by atoms with E-state index in [2.05, 4.69) is 0 Å². The second kappa shape index (κ2) is 5.22. The normalized spacial score (nSPS) is 30.7. The smallest absolute Gasteiger partial charge is 0.314 e. The van der Waals surface area contributed by atoms with Crippen molar-refractivity contribution in [3.05, 3.63) is 10.1 Å². The van der Waals surface area contributed by atoms with E-state index in [0.717, 1.165) is 0 Å². The number of carbonyl (C=O) groups excluding carboxylic acids is 1. The molecule has 0 spiro atoms. The molecule has 1 saturated heterocycles. The van der Waals surface area contributed by atoms with E-state index < -0.39 is 29.0 Å². The zero-order chi connectivity index (χ0) is 14.1. The van der Waals surface area contributed by atoms with E-state index in [1.165, 1.54) is 0 Å². The minimum atomic E-state index is -0.598. The van der Waals surface area contributed by atoms with E-state index in [1.807, 2.05) is 20.8 Å². The van der Waals surface area contributed by atoms with Crippen molar-refractivity contribution in [2.24, 2.45) is 17.3 Å². The Morgan fingerprint density at radius 2 is 2.00 bits per heavy atom. The zero-order valence-electron chi connectivity index (χ0n) is 11.5. The molecule has 0 aromatic carbocycles. The van der Waals surface area contributed by atoms with Gasteiger partial charge in [0.15, 0.2) is 0 Å². The maximum Gasteiger partial charge on any atom is 0.314 e. The predicted octanol–water partition coefficient (Wildman–Crippen LogP) is 1.85. The standard InChI is InChI=1S/C12H21NO5/c1-7(6-13(15)16)9-8(2)17-11(12(3,4)5)18-10(9)14/h7-9,11H,6H2,1-5H3/t7-,8+,9+,11+/m0/s1. The van der Waals surface area contributed by atoms with Crippen LogP contribution in [-0.2, 0) is 14.3 Å². The van der Waals surface area contributed by atoms with Gasteiger partial charge in [0.25, 0.3) is 0 Å². The van der Waals surface area contributed by atoms with Crippen LogP contribution in [0.1, 0.15) is 34.6 Å². The van der Waals surface area contributed by atoms with Gasteiger partial charge >= 0.3 is 5.97 Å². The lowest BCUT2D eigenvalue weighted by Crippen LogP contribution is -2.50.